The van der Waals surface area contributed by atoms with Gasteiger partial charge in [-0.1, -0.05) is 19.1 Å². The maximum Gasteiger partial charge on any atom is 0.224 e. The minimum atomic E-state index is -0.630. The second kappa shape index (κ2) is 6.27. The van der Waals surface area contributed by atoms with Gasteiger partial charge < -0.3 is 10.6 Å². The number of anilines is 3. The van der Waals surface area contributed by atoms with Crippen molar-refractivity contribution in [2.45, 2.75) is 20.3 Å². The van der Waals surface area contributed by atoms with E-state index in [2.05, 4.69) is 20.6 Å². The van der Waals surface area contributed by atoms with Crippen molar-refractivity contribution in [2.24, 2.45) is 0 Å². The lowest BCUT2D eigenvalue weighted by molar-refractivity contribution is 0.615. The second-order valence-electron chi connectivity index (χ2n) is 4.37. The van der Waals surface area contributed by atoms with Crippen LogP contribution in [0.4, 0.5) is 26.2 Å². The van der Waals surface area contributed by atoms with E-state index >= 15 is 0 Å². The molecule has 0 aliphatic carbocycles. The fraction of sp³-hybridized carbons (Fsp3) is 0.286. The van der Waals surface area contributed by atoms with Crippen molar-refractivity contribution in [3.63, 3.8) is 0 Å². The molecule has 0 saturated heterocycles. The Balaban J connectivity index is 2.28. The summed E-state index contributed by atoms with van der Waals surface area (Å²) in [4.78, 5) is 7.84. The van der Waals surface area contributed by atoms with Crippen molar-refractivity contribution in [2.75, 3.05) is 17.2 Å². The first kappa shape index (κ1) is 14.2. The van der Waals surface area contributed by atoms with Crippen molar-refractivity contribution < 1.29 is 8.78 Å². The first-order valence-electron chi connectivity index (χ1n) is 6.40. The van der Waals surface area contributed by atoms with Crippen LogP contribution >= 0.6 is 0 Å². The molecule has 0 aliphatic rings. The van der Waals surface area contributed by atoms with E-state index in [0.717, 1.165) is 12.6 Å². The molecule has 1 aromatic carbocycles. The fourth-order valence-electron chi connectivity index (χ4n) is 1.69. The fourth-order valence-corrected chi connectivity index (χ4v) is 1.69. The average Bonchev–Trinajstić information content (AvgIpc) is 2.43. The third-order valence-corrected chi connectivity index (χ3v) is 2.74. The van der Waals surface area contributed by atoms with Crippen LogP contribution in [0.15, 0.2) is 24.4 Å². The maximum atomic E-state index is 13.7. The molecule has 20 heavy (non-hydrogen) atoms. The minimum Gasteiger partial charge on any atom is -0.354 e. The minimum absolute atomic E-state index is 0.0493. The van der Waals surface area contributed by atoms with E-state index in [0.29, 0.717) is 18.1 Å². The van der Waals surface area contributed by atoms with Crippen LogP contribution in [0.25, 0.3) is 0 Å². The van der Waals surface area contributed by atoms with E-state index in [1.54, 1.807) is 19.1 Å². The van der Waals surface area contributed by atoms with Crippen molar-refractivity contribution in [3.8, 4) is 0 Å². The number of aryl methyl sites for hydroxylation is 1. The van der Waals surface area contributed by atoms with E-state index in [9.17, 15) is 8.78 Å². The van der Waals surface area contributed by atoms with Gasteiger partial charge in [-0.2, -0.15) is 4.98 Å². The molecule has 1 heterocycles. The third kappa shape index (κ3) is 3.20. The molecular weight excluding hydrogens is 262 g/mol. The highest BCUT2D eigenvalue weighted by atomic mass is 19.1. The molecule has 0 atom stereocenters. The number of nitrogens with one attached hydrogen (secondary N) is 2. The molecule has 0 radical (unpaired) electrons. The number of aromatic nitrogens is 2. The first-order chi connectivity index (χ1) is 9.61. The van der Waals surface area contributed by atoms with Gasteiger partial charge in [0.05, 0.1) is 11.9 Å². The van der Waals surface area contributed by atoms with Gasteiger partial charge >= 0.3 is 0 Å². The smallest absolute Gasteiger partial charge is 0.224 e. The van der Waals surface area contributed by atoms with E-state index in [4.69, 9.17) is 0 Å². The lowest BCUT2D eigenvalue weighted by atomic mass is 10.2. The van der Waals surface area contributed by atoms with Gasteiger partial charge in [-0.05, 0) is 25.0 Å². The summed E-state index contributed by atoms with van der Waals surface area (Å²) in [7, 11) is 0. The molecule has 2 aromatic rings. The van der Waals surface area contributed by atoms with Gasteiger partial charge in [0.25, 0.3) is 0 Å². The van der Waals surface area contributed by atoms with E-state index in [1.165, 1.54) is 6.07 Å². The van der Waals surface area contributed by atoms with E-state index < -0.39 is 11.6 Å². The SMILES string of the molecule is CCCNc1ncc(F)c(Nc2c(C)cccc2F)n1. The highest BCUT2D eigenvalue weighted by Gasteiger charge is 2.11. The summed E-state index contributed by atoms with van der Waals surface area (Å²) in [5.74, 6) is -0.822. The van der Waals surface area contributed by atoms with Crippen LogP contribution in [0.2, 0.25) is 0 Å². The zero-order chi connectivity index (χ0) is 14.5. The van der Waals surface area contributed by atoms with Gasteiger partial charge in [-0.25, -0.2) is 13.8 Å². The molecule has 4 nitrogen and oxygen atoms in total. The highest BCUT2D eigenvalue weighted by molar-refractivity contribution is 5.61. The van der Waals surface area contributed by atoms with Crippen LogP contribution in [0.1, 0.15) is 18.9 Å². The molecule has 0 saturated carbocycles. The van der Waals surface area contributed by atoms with Gasteiger partial charge in [0.15, 0.2) is 11.6 Å². The Morgan fingerprint density at radius 3 is 2.70 bits per heavy atom. The lowest BCUT2D eigenvalue weighted by Gasteiger charge is -2.11. The monoisotopic (exact) mass is 278 g/mol. The summed E-state index contributed by atoms with van der Waals surface area (Å²) >= 11 is 0. The van der Waals surface area contributed by atoms with E-state index in [-0.39, 0.29) is 11.5 Å². The molecule has 0 aliphatic heterocycles. The second-order valence-corrected chi connectivity index (χ2v) is 4.37. The normalized spacial score (nSPS) is 10.4. The highest BCUT2D eigenvalue weighted by Crippen LogP contribution is 2.24. The zero-order valence-corrected chi connectivity index (χ0v) is 11.4. The molecule has 2 N–H and O–H groups in total. The Kier molecular flexibility index (Phi) is 4.45. The number of hydrogen-bond donors (Lipinski definition) is 2. The van der Waals surface area contributed by atoms with Gasteiger partial charge in [-0.3, -0.25) is 0 Å². The zero-order valence-electron chi connectivity index (χ0n) is 11.4. The van der Waals surface area contributed by atoms with Crippen LogP contribution in [0.3, 0.4) is 0 Å². The Labute approximate surface area is 116 Å². The number of nitrogens with zero attached hydrogens (tertiary/aromatic N) is 2. The average molecular weight is 278 g/mol. The molecular formula is C14H16F2N4. The third-order valence-electron chi connectivity index (χ3n) is 2.74. The number of benzene rings is 1. The predicted molar refractivity (Wildman–Crippen MR) is 75.2 cm³/mol. The van der Waals surface area contributed by atoms with Crippen LogP contribution in [0.5, 0.6) is 0 Å². The number of para-hydroxylation sites is 1. The summed E-state index contributed by atoms with van der Waals surface area (Å²) in [5.41, 5.74) is 0.887. The van der Waals surface area contributed by atoms with Crippen LogP contribution in [-0.2, 0) is 0 Å². The molecule has 0 spiro atoms. The number of halogens is 2. The molecule has 0 unspecified atom stereocenters. The summed E-state index contributed by atoms with van der Waals surface area (Å²) in [6, 6.07) is 4.64. The van der Waals surface area contributed by atoms with Gasteiger partial charge in [0.2, 0.25) is 5.95 Å². The number of hydrogen-bond acceptors (Lipinski definition) is 4. The topological polar surface area (TPSA) is 49.8 Å². The quantitative estimate of drug-likeness (QED) is 0.877. The predicted octanol–water partition coefficient (Wildman–Crippen LogP) is 3.63. The summed E-state index contributed by atoms with van der Waals surface area (Å²) in [6.45, 7) is 4.42. The Bertz CT molecular complexity index is 581. The summed E-state index contributed by atoms with van der Waals surface area (Å²) in [5, 5.41) is 5.64. The van der Waals surface area contributed by atoms with Crippen molar-refractivity contribution in [3.05, 3.63) is 41.6 Å². The van der Waals surface area contributed by atoms with Crippen LogP contribution in [-0.4, -0.2) is 16.5 Å². The lowest BCUT2D eigenvalue weighted by Crippen LogP contribution is -2.08. The Hall–Kier alpha value is -2.24. The largest absolute Gasteiger partial charge is 0.354 e. The van der Waals surface area contributed by atoms with Crippen molar-refractivity contribution in [1.82, 2.24) is 9.97 Å². The maximum absolute atomic E-state index is 13.7. The summed E-state index contributed by atoms with van der Waals surface area (Å²) in [6.07, 6.45) is 1.96. The number of rotatable bonds is 5. The van der Waals surface area contributed by atoms with Crippen molar-refractivity contribution in [1.29, 1.82) is 0 Å². The Morgan fingerprint density at radius 2 is 2.00 bits per heavy atom. The molecule has 0 fully saturated rings. The Morgan fingerprint density at radius 1 is 1.20 bits per heavy atom. The van der Waals surface area contributed by atoms with Crippen LogP contribution in [0, 0.1) is 18.6 Å². The molecule has 1 aromatic heterocycles. The molecule has 0 amide bonds. The molecule has 2 rings (SSSR count). The van der Waals surface area contributed by atoms with Crippen molar-refractivity contribution >= 4 is 17.5 Å². The van der Waals surface area contributed by atoms with Gasteiger partial charge in [0.1, 0.15) is 5.82 Å². The molecule has 0 bridgehead atoms. The van der Waals surface area contributed by atoms with Gasteiger partial charge in [0, 0.05) is 6.54 Å². The van der Waals surface area contributed by atoms with Gasteiger partial charge in [-0.15, -0.1) is 0 Å². The molecule has 106 valence electrons. The van der Waals surface area contributed by atoms with E-state index in [1.807, 2.05) is 6.92 Å². The first-order valence-corrected chi connectivity index (χ1v) is 6.40. The summed E-state index contributed by atoms with van der Waals surface area (Å²) < 4.78 is 27.4. The molecule has 6 heteroatoms. The van der Waals surface area contributed by atoms with Crippen LogP contribution < -0.4 is 10.6 Å². The standard InChI is InChI=1S/C14H16F2N4/c1-3-7-17-14-18-8-11(16)13(20-14)19-12-9(2)5-4-6-10(12)15/h4-6,8H,3,7H2,1-2H3,(H2,17,18,19,20).